The summed E-state index contributed by atoms with van der Waals surface area (Å²) < 4.78 is 0. The number of likely N-dealkylation sites (tertiary alicyclic amines) is 1. The molecular weight excluding hydrogens is 150 g/mol. The molecule has 2 nitrogen and oxygen atoms in total. The Morgan fingerprint density at radius 2 is 2.42 bits per heavy atom. The summed E-state index contributed by atoms with van der Waals surface area (Å²) in [7, 11) is 0. The highest BCUT2D eigenvalue weighted by Gasteiger charge is 2.16. The minimum Gasteiger partial charge on any atom is -0.392 e. The molecule has 1 atom stereocenters. The van der Waals surface area contributed by atoms with Crippen LogP contribution in [0.1, 0.15) is 25.7 Å². The lowest BCUT2D eigenvalue weighted by Gasteiger charge is -2.29. The van der Waals surface area contributed by atoms with Crippen molar-refractivity contribution in [2.75, 3.05) is 19.6 Å². The SMILES string of the molecule is C#CCCCN1CCC[C@H](O)C1. The van der Waals surface area contributed by atoms with E-state index >= 15 is 0 Å². The number of hydrogen-bond acceptors (Lipinski definition) is 2. The van der Waals surface area contributed by atoms with E-state index in [4.69, 9.17) is 6.42 Å². The molecular formula is C10H17NO. The summed E-state index contributed by atoms with van der Waals surface area (Å²) in [6.45, 7) is 3.01. The third-order valence-electron chi connectivity index (χ3n) is 2.28. The number of aliphatic hydroxyl groups is 1. The predicted octanol–water partition coefficient (Wildman–Crippen LogP) is 0.857. The van der Waals surface area contributed by atoms with Crippen molar-refractivity contribution in [3.05, 3.63) is 0 Å². The van der Waals surface area contributed by atoms with Gasteiger partial charge in [0, 0.05) is 13.0 Å². The summed E-state index contributed by atoms with van der Waals surface area (Å²) in [4.78, 5) is 2.30. The molecule has 1 aliphatic heterocycles. The lowest BCUT2D eigenvalue weighted by atomic mass is 10.1. The average molecular weight is 167 g/mol. The standard InChI is InChI=1S/C10H17NO/c1-2-3-4-7-11-8-5-6-10(12)9-11/h1,10,12H,3-9H2/t10-/m0/s1. The van der Waals surface area contributed by atoms with Crippen LogP contribution in [0.15, 0.2) is 0 Å². The number of rotatable bonds is 3. The van der Waals surface area contributed by atoms with Gasteiger partial charge in [0.15, 0.2) is 0 Å². The van der Waals surface area contributed by atoms with E-state index in [2.05, 4.69) is 10.8 Å². The maximum atomic E-state index is 9.35. The van der Waals surface area contributed by atoms with Crippen LogP contribution < -0.4 is 0 Å². The van der Waals surface area contributed by atoms with E-state index in [0.717, 1.165) is 45.3 Å². The molecule has 1 aliphatic rings. The van der Waals surface area contributed by atoms with Crippen molar-refractivity contribution in [3.8, 4) is 12.3 Å². The molecule has 1 heterocycles. The van der Waals surface area contributed by atoms with Crippen LogP contribution in [-0.2, 0) is 0 Å². The molecule has 0 saturated carbocycles. The van der Waals surface area contributed by atoms with Gasteiger partial charge in [-0.2, -0.15) is 0 Å². The van der Waals surface area contributed by atoms with Crippen LogP contribution in [0.5, 0.6) is 0 Å². The molecule has 0 aliphatic carbocycles. The van der Waals surface area contributed by atoms with Gasteiger partial charge < -0.3 is 10.0 Å². The number of nitrogens with zero attached hydrogens (tertiary/aromatic N) is 1. The highest BCUT2D eigenvalue weighted by Crippen LogP contribution is 2.09. The van der Waals surface area contributed by atoms with Gasteiger partial charge in [0.05, 0.1) is 6.10 Å². The van der Waals surface area contributed by atoms with Crippen LogP contribution in [0.25, 0.3) is 0 Å². The third kappa shape index (κ3) is 3.25. The van der Waals surface area contributed by atoms with Crippen molar-refractivity contribution in [2.24, 2.45) is 0 Å². The minimum absolute atomic E-state index is 0.107. The normalized spacial score (nSPS) is 25.2. The summed E-state index contributed by atoms with van der Waals surface area (Å²) in [5, 5.41) is 9.35. The minimum atomic E-state index is -0.107. The molecule has 0 bridgehead atoms. The molecule has 0 aromatic heterocycles. The fraction of sp³-hybridized carbons (Fsp3) is 0.800. The van der Waals surface area contributed by atoms with Gasteiger partial charge in [0.2, 0.25) is 0 Å². The fourth-order valence-corrected chi connectivity index (χ4v) is 1.64. The summed E-state index contributed by atoms with van der Waals surface area (Å²) in [6.07, 6.45) is 9.05. The Bertz CT molecular complexity index is 162. The number of piperidine rings is 1. The maximum Gasteiger partial charge on any atom is 0.0667 e. The van der Waals surface area contributed by atoms with Gasteiger partial charge in [-0.3, -0.25) is 0 Å². The largest absolute Gasteiger partial charge is 0.392 e. The number of hydrogen-bond donors (Lipinski definition) is 1. The van der Waals surface area contributed by atoms with E-state index in [9.17, 15) is 5.11 Å². The summed E-state index contributed by atoms with van der Waals surface area (Å²) in [5.41, 5.74) is 0. The van der Waals surface area contributed by atoms with Gasteiger partial charge in [-0.25, -0.2) is 0 Å². The van der Waals surface area contributed by atoms with Crippen molar-refractivity contribution in [1.29, 1.82) is 0 Å². The second-order valence-corrected chi connectivity index (χ2v) is 3.40. The van der Waals surface area contributed by atoms with Crippen LogP contribution in [0.3, 0.4) is 0 Å². The first-order valence-corrected chi connectivity index (χ1v) is 4.67. The summed E-state index contributed by atoms with van der Waals surface area (Å²) >= 11 is 0. The second-order valence-electron chi connectivity index (χ2n) is 3.40. The van der Waals surface area contributed by atoms with Gasteiger partial charge in [-0.15, -0.1) is 12.3 Å². The second kappa shape index (κ2) is 5.18. The van der Waals surface area contributed by atoms with Gasteiger partial charge in [-0.05, 0) is 32.4 Å². The summed E-state index contributed by atoms with van der Waals surface area (Å²) in [5.74, 6) is 2.63. The average Bonchev–Trinajstić information content (AvgIpc) is 2.05. The first-order valence-electron chi connectivity index (χ1n) is 4.67. The van der Waals surface area contributed by atoms with E-state index in [1.54, 1.807) is 0 Å². The Labute approximate surface area is 74.6 Å². The molecule has 68 valence electrons. The highest BCUT2D eigenvalue weighted by molar-refractivity contribution is 4.84. The molecule has 12 heavy (non-hydrogen) atoms. The fourth-order valence-electron chi connectivity index (χ4n) is 1.64. The molecule has 0 amide bonds. The quantitative estimate of drug-likeness (QED) is 0.498. The number of β-amino-alcohol motifs (C(OH)–C–C–N with tert-alkyl or cyclic N) is 1. The lowest BCUT2D eigenvalue weighted by Crippen LogP contribution is -2.38. The summed E-state index contributed by atoms with van der Waals surface area (Å²) in [6, 6.07) is 0. The van der Waals surface area contributed by atoms with E-state index in [1.165, 1.54) is 0 Å². The molecule has 0 aromatic carbocycles. The maximum absolute atomic E-state index is 9.35. The van der Waals surface area contributed by atoms with Crippen LogP contribution in [0.4, 0.5) is 0 Å². The molecule has 1 fully saturated rings. The van der Waals surface area contributed by atoms with Crippen LogP contribution in [0, 0.1) is 12.3 Å². The zero-order chi connectivity index (χ0) is 8.81. The Morgan fingerprint density at radius 1 is 1.58 bits per heavy atom. The zero-order valence-corrected chi connectivity index (χ0v) is 7.50. The van der Waals surface area contributed by atoms with E-state index in [-0.39, 0.29) is 6.10 Å². The van der Waals surface area contributed by atoms with Gasteiger partial charge >= 0.3 is 0 Å². The molecule has 2 heteroatoms. The molecule has 0 spiro atoms. The van der Waals surface area contributed by atoms with E-state index < -0.39 is 0 Å². The number of unbranched alkanes of at least 4 members (excludes halogenated alkanes) is 1. The zero-order valence-electron chi connectivity index (χ0n) is 7.50. The molecule has 1 N–H and O–H groups in total. The first kappa shape index (κ1) is 9.57. The first-order chi connectivity index (χ1) is 5.83. The molecule has 0 radical (unpaired) electrons. The molecule has 1 saturated heterocycles. The van der Waals surface area contributed by atoms with Crippen molar-refractivity contribution in [3.63, 3.8) is 0 Å². The van der Waals surface area contributed by atoms with Crippen molar-refractivity contribution >= 4 is 0 Å². The Hall–Kier alpha value is -0.520. The van der Waals surface area contributed by atoms with E-state index in [0.29, 0.717) is 0 Å². The molecule has 0 unspecified atom stereocenters. The van der Waals surface area contributed by atoms with E-state index in [1.807, 2.05) is 0 Å². The lowest BCUT2D eigenvalue weighted by molar-refractivity contribution is 0.0704. The van der Waals surface area contributed by atoms with Crippen LogP contribution >= 0.6 is 0 Å². The van der Waals surface area contributed by atoms with Crippen LogP contribution in [0.2, 0.25) is 0 Å². The Kier molecular flexibility index (Phi) is 4.13. The molecule has 0 aromatic rings. The van der Waals surface area contributed by atoms with Crippen molar-refractivity contribution in [2.45, 2.75) is 31.8 Å². The van der Waals surface area contributed by atoms with Gasteiger partial charge in [0.1, 0.15) is 0 Å². The number of aliphatic hydroxyl groups excluding tert-OH is 1. The van der Waals surface area contributed by atoms with Gasteiger partial charge in [0.25, 0.3) is 0 Å². The monoisotopic (exact) mass is 167 g/mol. The topological polar surface area (TPSA) is 23.5 Å². The Morgan fingerprint density at radius 3 is 3.08 bits per heavy atom. The highest BCUT2D eigenvalue weighted by atomic mass is 16.3. The van der Waals surface area contributed by atoms with Gasteiger partial charge in [-0.1, -0.05) is 0 Å². The third-order valence-corrected chi connectivity index (χ3v) is 2.28. The smallest absolute Gasteiger partial charge is 0.0667 e. The van der Waals surface area contributed by atoms with Crippen LogP contribution in [-0.4, -0.2) is 35.7 Å². The van der Waals surface area contributed by atoms with Crippen molar-refractivity contribution in [1.82, 2.24) is 4.90 Å². The predicted molar refractivity (Wildman–Crippen MR) is 49.7 cm³/mol. The van der Waals surface area contributed by atoms with Crippen molar-refractivity contribution < 1.29 is 5.11 Å². The Balaban J connectivity index is 2.11. The molecule has 1 rings (SSSR count). The number of terminal acetylenes is 1.